The molecule has 1 aliphatic rings. The van der Waals surface area contributed by atoms with Crippen molar-refractivity contribution in [2.45, 2.75) is 38.8 Å². The van der Waals surface area contributed by atoms with E-state index in [9.17, 15) is 0 Å². The summed E-state index contributed by atoms with van der Waals surface area (Å²) in [4.78, 5) is 4.57. The van der Waals surface area contributed by atoms with Crippen molar-refractivity contribution >= 4 is 0 Å². The molecule has 0 radical (unpaired) electrons. The van der Waals surface area contributed by atoms with E-state index in [2.05, 4.69) is 34.6 Å². The molecule has 0 aliphatic heterocycles. The first-order chi connectivity index (χ1) is 10.4. The number of nitrogens with zero attached hydrogens (tertiary/aromatic N) is 1. The monoisotopic (exact) mass is 282 g/mol. The lowest BCUT2D eigenvalue weighted by molar-refractivity contribution is 0.339. The molecule has 2 aromatic rings. The van der Waals surface area contributed by atoms with E-state index in [1.807, 2.05) is 25.3 Å². The standard InChI is InChI=1S/C18H22N2O/c1-2-21-16-9-3-6-14(12-16)13-20-17-10-4-7-15-8-5-11-19-18(15)17/h3,5-6,8-9,11-12,17,20H,2,4,7,10,13H2,1H3. The van der Waals surface area contributed by atoms with Crippen molar-refractivity contribution in [3.05, 3.63) is 59.4 Å². The molecule has 1 unspecified atom stereocenters. The van der Waals surface area contributed by atoms with E-state index in [1.54, 1.807) is 0 Å². The highest BCUT2D eigenvalue weighted by Crippen LogP contribution is 2.28. The van der Waals surface area contributed by atoms with Crippen molar-refractivity contribution in [3.8, 4) is 5.75 Å². The summed E-state index contributed by atoms with van der Waals surface area (Å²) in [5.41, 5.74) is 3.87. The zero-order chi connectivity index (χ0) is 14.5. The van der Waals surface area contributed by atoms with Crippen molar-refractivity contribution in [1.82, 2.24) is 10.3 Å². The lowest BCUT2D eigenvalue weighted by Crippen LogP contribution is -2.25. The molecule has 0 amide bonds. The summed E-state index contributed by atoms with van der Waals surface area (Å²) in [5, 5.41) is 3.65. The molecule has 0 spiro atoms. The van der Waals surface area contributed by atoms with E-state index in [1.165, 1.54) is 23.2 Å². The number of fused-ring (bicyclic) bond motifs is 1. The van der Waals surface area contributed by atoms with Crippen molar-refractivity contribution in [2.24, 2.45) is 0 Å². The Balaban J connectivity index is 1.67. The third kappa shape index (κ3) is 3.42. The first-order valence-electron chi connectivity index (χ1n) is 7.75. The zero-order valence-corrected chi connectivity index (χ0v) is 12.5. The Bertz CT molecular complexity index is 597. The topological polar surface area (TPSA) is 34.1 Å². The Morgan fingerprint density at radius 2 is 2.24 bits per heavy atom. The van der Waals surface area contributed by atoms with Gasteiger partial charge >= 0.3 is 0 Å². The first-order valence-corrected chi connectivity index (χ1v) is 7.75. The van der Waals surface area contributed by atoms with Crippen LogP contribution in [0.2, 0.25) is 0 Å². The van der Waals surface area contributed by atoms with Crippen molar-refractivity contribution in [3.63, 3.8) is 0 Å². The van der Waals surface area contributed by atoms with E-state index in [4.69, 9.17) is 4.74 Å². The number of ether oxygens (including phenoxy) is 1. The molecule has 1 aromatic carbocycles. The van der Waals surface area contributed by atoms with Gasteiger partial charge in [0.2, 0.25) is 0 Å². The summed E-state index contributed by atoms with van der Waals surface area (Å²) in [7, 11) is 0. The van der Waals surface area contributed by atoms with Gasteiger partial charge in [-0.05, 0) is 55.5 Å². The van der Waals surface area contributed by atoms with Crippen LogP contribution in [0.15, 0.2) is 42.6 Å². The second-order valence-electron chi connectivity index (χ2n) is 5.45. The average molecular weight is 282 g/mol. The maximum atomic E-state index is 5.55. The van der Waals surface area contributed by atoms with Crippen LogP contribution < -0.4 is 10.1 Å². The fourth-order valence-corrected chi connectivity index (χ4v) is 2.96. The Morgan fingerprint density at radius 1 is 1.29 bits per heavy atom. The summed E-state index contributed by atoms with van der Waals surface area (Å²) in [6.07, 6.45) is 5.44. The highest BCUT2D eigenvalue weighted by Gasteiger charge is 2.20. The fraction of sp³-hybridized carbons (Fsp3) is 0.389. The molecule has 110 valence electrons. The SMILES string of the molecule is CCOc1cccc(CNC2CCCc3cccnc32)c1. The Labute approximate surface area is 126 Å². The molecule has 0 saturated carbocycles. The van der Waals surface area contributed by atoms with Crippen LogP contribution in [0.3, 0.4) is 0 Å². The number of benzene rings is 1. The Kier molecular flexibility index (Phi) is 4.51. The second-order valence-corrected chi connectivity index (χ2v) is 5.45. The van der Waals surface area contributed by atoms with Crippen LogP contribution in [0.5, 0.6) is 5.75 Å². The molecule has 1 aromatic heterocycles. The van der Waals surface area contributed by atoms with Crippen LogP contribution in [0.25, 0.3) is 0 Å². The molecule has 3 nitrogen and oxygen atoms in total. The van der Waals surface area contributed by atoms with Gasteiger partial charge in [0.1, 0.15) is 5.75 Å². The van der Waals surface area contributed by atoms with E-state index < -0.39 is 0 Å². The van der Waals surface area contributed by atoms with Gasteiger partial charge in [-0.25, -0.2) is 0 Å². The maximum absolute atomic E-state index is 5.55. The van der Waals surface area contributed by atoms with Crippen LogP contribution in [0, 0.1) is 0 Å². The van der Waals surface area contributed by atoms with Gasteiger partial charge in [-0.1, -0.05) is 18.2 Å². The van der Waals surface area contributed by atoms with E-state index in [-0.39, 0.29) is 0 Å². The third-order valence-corrected chi connectivity index (χ3v) is 3.96. The van der Waals surface area contributed by atoms with E-state index >= 15 is 0 Å². The molecule has 1 aliphatic carbocycles. The van der Waals surface area contributed by atoms with Crippen LogP contribution in [-0.2, 0) is 13.0 Å². The molecule has 1 N–H and O–H groups in total. The molecular weight excluding hydrogens is 260 g/mol. The minimum Gasteiger partial charge on any atom is -0.494 e. The molecule has 0 saturated heterocycles. The highest BCUT2D eigenvalue weighted by molar-refractivity contribution is 5.29. The number of pyridine rings is 1. The van der Waals surface area contributed by atoms with Gasteiger partial charge in [0.05, 0.1) is 18.3 Å². The van der Waals surface area contributed by atoms with Crippen molar-refractivity contribution < 1.29 is 4.74 Å². The highest BCUT2D eigenvalue weighted by atomic mass is 16.5. The number of aromatic nitrogens is 1. The van der Waals surface area contributed by atoms with Crippen LogP contribution in [0.1, 0.15) is 42.6 Å². The number of hydrogen-bond acceptors (Lipinski definition) is 3. The quantitative estimate of drug-likeness (QED) is 0.909. The molecular formula is C18H22N2O. The fourth-order valence-electron chi connectivity index (χ4n) is 2.96. The van der Waals surface area contributed by atoms with Crippen LogP contribution in [0.4, 0.5) is 0 Å². The number of aryl methyl sites for hydroxylation is 1. The van der Waals surface area contributed by atoms with Crippen LogP contribution in [-0.4, -0.2) is 11.6 Å². The molecule has 3 rings (SSSR count). The summed E-state index contributed by atoms with van der Waals surface area (Å²) in [5.74, 6) is 0.943. The molecule has 1 heterocycles. The minimum absolute atomic E-state index is 0.366. The van der Waals surface area contributed by atoms with Gasteiger partial charge in [0.15, 0.2) is 0 Å². The lowest BCUT2D eigenvalue weighted by atomic mass is 9.92. The average Bonchev–Trinajstić information content (AvgIpc) is 2.53. The zero-order valence-electron chi connectivity index (χ0n) is 12.5. The van der Waals surface area contributed by atoms with Gasteiger partial charge in [0.25, 0.3) is 0 Å². The summed E-state index contributed by atoms with van der Waals surface area (Å²) in [6, 6.07) is 12.9. The van der Waals surface area contributed by atoms with Gasteiger partial charge in [-0.15, -0.1) is 0 Å². The largest absolute Gasteiger partial charge is 0.494 e. The summed E-state index contributed by atoms with van der Waals surface area (Å²) >= 11 is 0. The van der Waals surface area contributed by atoms with E-state index in [0.29, 0.717) is 12.6 Å². The maximum Gasteiger partial charge on any atom is 0.119 e. The van der Waals surface area contributed by atoms with Gasteiger partial charge < -0.3 is 10.1 Å². The molecule has 21 heavy (non-hydrogen) atoms. The molecule has 3 heteroatoms. The predicted molar refractivity (Wildman–Crippen MR) is 84.4 cm³/mol. The normalized spacial score (nSPS) is 17.3. The van der Waals surface area contributed by atoms with E-state index in [0.717, 1.165) is 25.1 Å². The predicted octanol–water partition coefficient (Wildman–Crippen LogP) is 3.65. The summed E-state index contributed by atoms with van der Waals surface area (Å²) in [6.45, 7) is 3.56. The smallest absolute Gasteiger partial charge is 0.119 e. The summed E-state index contributed by atoms with van der Waals surface area (Å²) < 4.78 is 5.55. The van der Waals surface area contributed by atoms with Crippen molar-refractivity contribution in [2.75, 3.05) is 6.61 Å². The number of hydrogen-bond donors (Lipinski definition) is 1. The Morgan fingerprint density at radius 3 is 3.14 bits per heavy atom. The van der Waals surface area contributed by atoms with Crippen LogP contribution >= 0.6 is 0 Å². The first kappa shape index (κ1) is 14.1. The Hall–Kier alpha value is -1.87. The van der Waals surface area contributed by atoms with Gasteiger partial charge in [-0.3, -0.25) is 4.98 Å². The van der Waals surface area contributed by atoms with Gasteiger partial charge in [-0.2, -0.15) is 0 Å². The minimum atomic E-state index is 0.366. The van der Waals surface area contributed by atoms with Crippen molar-refractivity contribution in [1.29, 1.82) is 0 Å². The number of nitrogens with one attached hydrogen (secondary N) is 1. The number of rotatable bonds is 5. The third-order valence-electron chi connectivity index (χ3n) is 3.96. The molecule has 0 bridgehead atoms. The lowest BCUT2D eigenvalue weighted by Gasteiger charge is -2.25. The van der Waals surface area contributed by atoms with Gasteiger partial charge in [0, 0.05) is 12.7 Å². The second kappa shape index (κ2) is 6.72. The molecule has 0 fully saturated rings. The molecule has 1 atom stereocenters.